The summed E-state index contributed by atoms with van der Waals surface area (Å²) in [6.45, 7) is 6.61. The monoisotopic (exact) mass is 397 g/mol. The van der Waals surface area contributed by atoms with Gasteiger partial charge >= 0.3 is 0 Å². The van der Waals surface area contributed by atoms with Crippen LogP contribution < -0.4 is 18.9 Å². The number of hydrogen-bond acceptors (Lipinski definition) is 6. The Hall–Kier alpha value is -2.60. The van der Waals surface area contributed by atoms with Gasteiger partial charge in [-0.15, -0.1) is 0 Å². The highest BCUT2D eigenvalue weighted by molar-refractivity contribution is 5.59. The summed E-state index contributed by atoms with van der Waals surface area (Å²) in [7, 11) is 1.58. The summed E-state index contributed by atoms with van der Waals surface area (Å²) in [5.41, 5.74) is 1.35. The van der Waals surface area contributed by atoms with Crippen LogP contribution in [0, 0.1) is 5.92 Å². The standard InChI is InChI=1S/C23H27NO5/c1-14-21(15-7-6-8-17(26-3)22(15)25)16-11-19-20(28-13-27-19)12-18(16)29-23(14,2)24-9-4-5-10-24/h6-8,11-12,14,21,25H,4-5,9-10,13H2,1-3H3/t14-,21+,23+/m0/s1. The van der Waals surface area contributed by atoms with E-state index in [0.717, 1.165) is 35.7 Å². The molecule has 0 bridgehead atoms. The lowest BCUT2D eigenvalue weighted by Crippen LogP contribution is -2.57. The van der Waals surface area contributed by atoms with Crippen LogP contribution in [0.1, 0.15) is 43.7 Å². The first-order valence-corrected chi connectivity index (χ1v) is 10.3. The molecule has 6 heteroatoms. The molecule has 2 aromatic carbocycles. The highest BCUT2D eigenvalue weighted by Gasteiger charge is 2.50. The first-order chi connectivity index (χ1) is 14.0. The van der Waals surface area contributed by atoms with Crippen LogP contribution in [0.25, 0.3) is 0 Å². The maximum absolute atomic E-state index is 11.0. The van der Waals surface area contributed by atoms with Crippen molar-refractivity contribution in [3.63, 3.8) is 0 Å². The molecule has 0 radical (unpaired) electrons. The Labute approximate surface area is 170 Å². The molecular formula is C23H27NO5. The molecular weight excluding hydrogens is 370 g/mol. The topological polar surface area (TPSA) is 60.4 Å². The second kappa shape index (κ2) is 6.73. The van der Waals surface area contributed by atoms with E-state index in [0.29, 0.717) is 11.5 Å². The predicted molar refractivity (Wildman–Crippen MR) is 108 cm³/mol. The number of likely N-dealkylation sites (tertiary alicyclic amines) is 1. The lowest BCUT2D eigenvalue weighted by Gasteiger charge is -2.50. The molecule has 5 rings (SSSR count). The average Bonchev–Trinajstić information content (AvgIpc) is 3.40. The Morgan fingerprint density at radius 3 is 2.52 bits per heavy atom. The molecule has 0 saturated carbocycles. The summed E-state index contributed by atoms with van der Waals surface area (Å²) in [4.78, 5) is 2.43. The summed E-state index contributed by atoms with van der Waals surface area (Å²) < 4.78 is 23.3. The van der Waals surface area contributed by atoms with E-state index in [1.54, 1.807) is 13.2 Å². The molecule has 154 valence electrons. The zero-order chi connectivity index (χ0) is 20.2. The molecule has 3 atom stereocenters. The molecule has 29 heavy (non-hydrogen) atoms. The molecule has 0 aromatic heterocycles. The van der Waals surface area contributed by atoms with Gasteiger partial charge in [0.1, 0.15) is 5.75 Å². The van der Waals surface area contributed by atoms with Gasteiger partial charge in [0.15, 0.2) is 28.7 Å². The fourth-order valence-corrected chi connectivity index (χ4v) is 5.07. The fraction of sp³-hybridized carbons (Fsp3) is 0.478. The third-order valence-corrected chi connectivity index (χ3v) is 6.82. The Morgan fingerprint density at radius 2 is 1.79 bits per heavy atom. The second-order valence-electron chi connectivity index (χ2n) is 8.26. The highest BCUT2D eigenvalue weighted by atomic mass is 16.7. The van der Waals surface area contributed by atoms with Crippen molar-refractivity contribution in [3.8, 4) is 28.7 Å². The van der Waals surface area contributed by atoms with E-state index in [1.807, 2.05) is 24.3 Å². The van der Waals surface area contributed by atoms with Gasteiger partial charge < -0.3 is 24.1 Å². The molecule has 1 fully saturated rings. The van der Waals surface area contributed by atoms with Gasteiger partial charge in [-0.25, -0.2) is 0 Å². The van der Waals surface area contributed by atoms with Crippen LogP contribution in [-0.2, 0) is 0 Å². The number of rotatable bonds is 3. The molecule has 0 amide bonds. The van der Waals surface area contributed by atoms with Gasteiger partial charge in [0.25, 0.3) is 0 Å². The summed E-state index contributed by atoms with van der Waals surface area (Å²) in [5.74, 6) is 2.88. The fourth-order valence-electron chi connectivity index (χ4n) is 5.07. The molecule has 1 N–H and O–H groups in total. The summed E-state index contributed by atoms with van der Waals surface area (Å²) in [6.07, 6.45) is 2.35. The predicted octanol–water partition coefficient (Wildman–Crippen LogP) is 4.10. The van der Waals surface area contributed by atoms with Gasteiger partial charge in [-0.2, -0.15) is 0 Å². The number of nitrogens with zero attached hydrogens (tertiary/aromatic N) is 1. The van der Waals surface area contributed by atoms with Crippen molar-refractivity contribution in [3.05, 3.63) is 41.5 Å². The molecule has 2 aromatic rings. The highest BCUT2D eigenvalue weighted by Crippen LogP contribution is 2.55. The van der Waals surface area contributed by atoms with Gasteiger partial charge in [-0.1, -0.05) is 19.1 Å². The second-order valence-corrected chi connectivity index (χ2v) is 8.26. The van der Waals surface area contributed by atoms with Crippen molar-refractivity contribution in [2.24, 2.45) is 5.92 Å². The van der Waals surface area contributed by atoms with Gasteiger partial charge in [-0.05, 0) is 31.9 Å². The maximum Gasteiger partial charge on any atom is 0.231 e. The number of ether oxygens (including phenoxy) is 4. The van der Waals surface area contributed by atoms with E-state index in [9.17, 15) is 5.11 Å². The zero-order valence-corrected chi connectivity index (χ0v) is 17.1. The van der Waals surface area contributed by atoms with Gasteiger partial charge in [0.2, 0.25) is 6.79 Å². The number of aromatic hydroxyl groups is 1. The number of phenolic OH excluding ortho intramolecular Hbond substituents is 1. The van der Waals surface area contributed by atoms with Crippen LogP contribution in [0.3, 0.4) is 0 Å². The Morgan fingerprint density at radius 1 is 1.07 bits per heavy atom. The number of para-hydroxylation sites is 1. The van der Waals surface area contributed by atoms with E-state index < -0.39 is 5.72 Å². The van der Waals surface area contributed by atoms with Gasteiger partial charge in [0, 0.05) is 42.1 Å². The Kier molecular flexibility index (Phi) is 4.28. The first kappa shape index (κ1) is 18.4. The molecule has 3 aliphatic rings. The lowest BCUT2D eigenvalue weighted by molar-refractivity contribution is -0.114. The number of fused-ring (bicyclic) bond motifs is 2. The first-order valence-electron chi connectivity index (χ1n) is 10.3. The van der Waals surface area contributed by atoms with Crippen LogP contribution in [-0.4, -0.2) is 42.7 Å². The van der Waals surface area contributed by atoms with Crippen molar-refractivity contribution in [1.29, 1.82) is 0 Å². The van der Waals surface area contributed by atoms with Crippen LogP contribution in [0.2, 0.25) is 0 Å². The van der Waals surface area contributed by atoms with Crippen LogP contribution in [0.5, 0.6) is 28.7 Å². The average molecular weight is 397 g/mol. The minimum atomic E-state index is -0.489. The van der Waals surface area contributed by atoms with Crippen molar-refractivity contribution in [2.75, 3.05) is 27.0 Å². The normalized spacial score (nSPS) is 28.1. The van der Waals surface area contributed by atoms with Crippen molar-refractivity contribution in [1.82, 2.24) is 4.90 Å². The number of hydrogen-bond donors (Lipinski definition) is 1. The van der Waals surface area contributed by atoms with Crippen molar-refractivity contribution < 1.29 is 24.1 Å². The molecule has 0 spiro atoms. The third kappa shape index (κ3) is 2.73. The summed E-state index contributed by atoms with van der Waals surface area (Å²) in [6, 6.07) is 9.62. The SMILES string of the molecule is COc1cccc([C@@H]2c3cc4c(cc3O[C@@](C)(N3CCCC3)[C@H]2C)OCO4)c1O. The zero-order valence-electron chi connectivity index (χ0n) is 17.1. The quantitative estimate of drug-likeness (QED) is 0.841. The van der Waals surface area contributed by atoms with Gasteiger partial charge in [0.05, 0.1) is 7.11 Å². The Balaban J connectivity index is 1.70. The Bertz CT molecular complexity index is 939. The molecule has 3 heterocycles. The van der Waals surface area contributed by atoms with Crippen molar-refractivity contribution >= 4 is 0 Å². The minimum absolute atomic E-state index is 0.0750. The van der Waals surface area contributed by atoms with Crippen LogP contribution in [0.15, 0.2) is 30.3 Å². The maximum atomic E-state index is 11.0. The van der Waals surface area contributed by atoms with E-state index >= 15 is 0 Å². The minimum Gasteiger partial charge on any atom is -0.504 e. The largest absolute Gasteiger partial charge is 0.504 e. The molecule has 0 aliphatic carbocycles. The van der Waals surface area contributed by atoms with Crippen molar-refractivity contribution in [2.45, 2.75) is 38.3 Å². The number of methoxy groups -OCH3 is 1. The smallest absolute Gasteiger partial charge is 0.231 e. The molecule has 6 nitrogen and oxygen atoms in total. The van der Waals surface area contributed by atoms with Crippen LogP contribution >= 0.6 is 0 Å². The lowest BCUT2D eigenvalue weighted by atomic mass is 9.73. The van der Waals surface area contributed by atoms with E-state index in [-0.39, 0.29) is 24.4 Å². The summed E-state index contributed by atoms with van der Waals surface area (Å²) in [5, 5.41) is 11.0. The van der Waals surface area contributed by atoms with Crippen LogP contribution in [0.4, 0.5) is 0 Å². The van der Waals surface area contributed by atoms with E-state index in [1.165, 1.54) is 12.8 Å². The van der Waals surface area contributed by atoms with E-state index in [2.05, 4.69) is 18.7 Å². The molecule has 1 saturated heterocycles. The van der Waals surface area contributed by atoms with Gasteiger partial charge in [-0.3, -0.25) is 4.90 Å². The number of benzene rings is 2. The molecule has 0 unspecified atom stereocenters. The molecule has 3 aliphatic heterocycles. The third-order valence-electron chi connectivity index (χ3n) is 6.82. The summed E-state index contributed by atoms with van der Waals surface area (Å²) >= 11 is 0. The number of phenols is 1. The van der Waals surface area contributed by atoms with E-state index in [4.69, 9.17) is 18.9 Å².